The Labute approximate surface area is 129 Å². The summed E-state index contributed by atoms with van der Waals surface area (Å²) in [6.45, 7) is 7.88. The van der Waals surface area contributed by atoms with Crippen molar-refractivity contribution in [1.82, 2.24) is 0 Å². The molecule has 0 aromatic rings. The monoisotopic (exact) mass is 279 g/mol. The predicted octanol–water partition coefficient (Wildman–Crippen LogP) is 5.22. The maximum atomic E-state index is 3.92. The normalized spacial score (nSPS) is 13.5. The van der Waals surface area contributed by atoms with Crippen LogP contribution in [0.15, 0.2) is 77.4 Å². The van der Waals surface area contributed by atoms with Crippen LogP contribution in [-0.4, -0.2) is 13.3 Å². The van der Waals surface area contributed by atoms with Crippen molar-refractivity contribution in [3.8, 4) is 11.8 Å². The molecule has 0 aromatic heterocycles. The second kappa shape index (κ2) is 14.1. The van der Waals surface area contributed by atoms with Crippen LogP contribution < -0.4 is 0 Å². The van der Waals surface area contributed by atoms with Crippen LogP contribution in [0.4, 0.5) is 0 Å². The zero-order valence-electron chi connectivity index (χ0n) is 13.3. The molecule has 0 bridgehead atoms. The molecule has 21 heavy (non-hydrogen) atoms. The molecule has 0 spiro atoms. The fourth-order valence-corrected chi connectivity index (χ4v) is 1.48. The van der Waals surface area contributed by atoms with Crippen molar-refractivity contribution in [3.63, 3.8) is 0 Å². The molecule has 0 saturated carbocycles. The summed E-state index contributed by atoms with van der Waals surface area (Å²) in [6, 6.07) is 0. The van der Waals surface area contributed by atoms with Crippen LogP contribution in [0, 0.1) is 11.8 Å². The molecular weight excluding hydrogens is 254 g/mol. The Morgan fingerprint density at radius 1 is 1.05 bits per heavy atom. The Kier molecular flexibility index (Phi) is 12.5. The van der Waals surface area contributed by atoms with Crippen molar-refractivity contribution in [2.24, 2.45) is 4.99 Å². The first-order chi connectivity index (χ1) is 10.3. The lowest BCUT2D eigenvalue weighted by Gasteiger charge is -1.91. The zero-order valence-corrected chi connectivity index (χ0v) is 13.3. The largest absolute Gasteiger partial charge is 0.297 e. The summed E-state index contributed by atoms with van der Waals surface area (Å²) in [5, 5.41) is 0. The van der Waals surface area contributed by atoms with Gasteiger partial charge >= 0.3 is 0 Å². The molecule has 0 unspecified atom stereocenters. The summed E-state index contributed by atoms with van der Waals surface area (Å²) in [7, 11) is 1.76. The Balaban J connectivity index is 4.90. The highest BCUT2D eigenvalue weighted by molar-refractivity contribution is 5.72. The Bertz CT molecular complexity index is 526. The van der Waals surface area contributed by atoms with Gasteiger partial charge in [0, 0.05) is 18.8 Å². The first kappa shape index (κ1) is 18.7. The van der Waals surface area contributed by atoms with Gasteiger partial charge in [0.25, 0.3) is 0 Å². The minimum absolute atomic E-state index is 0.968. The molecule has 0 radical (unpaired) electrons. The molecular formula is C20H25N. The van der Waals surface area contributed by atoms with Crippen LogP contribution >= 0.6 is 0 Å². The fraction of sp³-hybridized carbons (Fsp3) is 0.250. The van der Waals surface area contributed by atoms with E-state index >= 15 is 0 Å². The number of hydrogen-bond donors (Lipinski definition) is 0. The highest BCUT2D eigenvalue weighted by Gasteiger charge is 1.84. The van der Waals surface area contributed by atoms with Gasteiger partial charge < -0.3 is 0 Å². The van der Waals surface area contributed by atoms with Crippen molar-refractivity contribution in [2.75, 3.05) is 7.05 Å². The van der Waals surface area contributed by atoms with Crippen molar-refractivity contribution < 1.29 is 0 Å². The molecule has 0 N–H and O–H groups in total. The quantitative estimate of drug-likeness (QED) is 0.344. The van der Waals surface area contributed by atoms with E-state index in [0.717, 1.165) is 24.0 Å². The number of aliphatic imine (C=N–C) groups is 1. The highest BCUT2D eigenvalue weighted by Crippen LogP contribution is 2.01. The third-order valence-electron chi connectivity index (χ3n) is 2.38. The van der Waals surface area contributed by atoms with Crippen molar-refractivity contribution in [1.29, 1.82) is 0 Å². The smallest absolute Gasteiger partial charge is 0.0277 e. The molecule has 1 nitrogen and oxygen atoms in total. The third-order valence-corrected chi connectivity index (χ3v) is 2.38. The Morgan fingerprint density at radius 3 is 2.43 bits per heavy atom. The maximum Gasteiger partial charge on any atom is 0.0277 e. The van der Waals surface area contributed by atoms with Gasteiger partial charge in [-0.25, -0.2) is 0 Å². The van der Waals surface area contributed by atoms with Crippen LogP contribution in [0.2, 0.25) is 0 Å². The first-order valence-corrected chi connectivity index (χ1v) is 7.24. The summed E-state index contributed by atoms with van der Waals surface area (Å²) in [5.74, 6) is 6.20. The van der Waals surface area contributed by atoms with E-state index in [1.165, 1.54) is 0 Å². The van der Waals surface area contributed by atoms with Gasteiger partial charge in [0.2, 0.25) is 0 Å². The van der Waals surface area contributed by atoms with Crippen LogP contribution in [0.1, 0.15) is 26.7 Å². The molecule has 0 aliphatic heterocycles. The van der Waals surface area contributed by atoms with E-state index < -0.39 is 0 Å². The van der Waals surface area contributed by atoms with E-state index in [1.807, 2.05) is 36.5 Å². The molecule has 0 rings (SSSR count). The van der Waals surface area contributed by atoms with Gasteiger partial charge in [-0.05, 0) is 42.7 Å². The topological polar surface area (TPSA) is 12.4 Å². The number of rotatable bonds is 7. The summed E-state index contributed by atoms with van der Waals surface area (Å²) in [4.78, 5) is 3.92. The first-order valence-electron chi connectivity index (χ1n) is 7.24. The van der Waals surface area contributed by atoms with Gasteiger partial charge in [-0.3, -0.25) is 4.99 Å². The molecule has 0 atom stereocenters. The van der Waals surface area contributed by atoms with E-state index in [2.05, 4.69) is 49.4 Å². The molecule has 0 saturated heterocycles. The van der Waals surface area contributed by atoms with Gasteiger partial charge in [0.15, 0.2) is 0 Å². The number of allylic oxidation sites excluding steroid dienone is 11. The third kappa shape index (κ3) is 11.2. The number of nitrogens with zero attached hydrogens (tertiary/aromatic N) is 1. The molecule has 0 aliphatic rings. The van der Waals surface area contributed by atoms with Crippen LogP contribution in [0.25, 0.3) is 0 Å². The van der Waals surface area contributed by atoms with E-state index in [1.54, 1.807) is 19.3 Å². The lowest BCUT2D eigenvalue weighted by molar-refractivity contribution is 1.21. The van der Waals surface area contributed by atoms with Crippen molar-refractivity contribution in [3.05, 3.63) is 72.4 Å². The molecule has 0 heterocycles. The van der Waals surface area contributed by atoms with Gasteiger partial charge in [0.05, 0.1) is 0 Å². The minimum atomic E-state index is 0.968. The second-order valence-electron chi connectivity index (χ2n) is 4.14. The standard InChI is InChI=1S/C20H25N/c1-5-8-14-19(12-6-2)15-9-10-16-20(13-7-3)17-11-18-21-4/h5,8,10-14,16-18H,1,6-7H2,2-4H3/b14-8-,16-10?,17-11-,19-12+,20-13-,21-18?. The lowest BCUT2D eigenvalue weighted by Crippen LogP contribution is -1.74. The Hall–Kier alpha value is -2.33. The van der Waals surface area contributed by atoms with Gasteiger partial charge in [-0.15, -0.1) is 0 Å². The van der Waals surface area contributed by atoms with Crippen LogP contribution in [0.5, 0.6) is 0 Å². The van der Waals surface area contributed by atoms with E-state index in [4.69, 9.17) is 0 Å². The summed E-state index contributed by atoms with van der Waals surface area (Å²) < 4.78 is 0. The summed E-state index contributed by atoms with van der Waals surface area (Å²) in [6.07, 6.45) is 21.4. The van der Waals surface area contributed by atoms with E-state index in [9.17, 15) is 0 Å². The maximum absolute atomic E-state index is 3.92. The zero-order chi connectivity index (χ0) is 15.8. The molecule has 0 aliphatic carbocycles. The van der Waals surface area contributed by atoms with E-state index in [0.29, 0.717) is 0 Å². The van der Waals surface area contributed by atoms with Gasteiger partial charge in [-0.1, -0.05) is 62.6 Å². The summed E-state index contributed by atoms with van der Waals surface area (Å²) >= 11 is 0. The molecule has 1 heteroatoms. The molecule has 110 valence electrons. The van der Waals surface area contributed by atoms with Crippen LogP contribution in [0.3, 0.4) is 0 Å². The molecule has 0 amide bonds. The average Bonchev–Trinajstić information content (AvgIpc) is 2.49. The SMILES string of the molecule is C=C/C=C\C(C#CC=CC(/C=C\C=NC)=C/CC)=C/CC. The predicted molar refractivity (Wildman–Crippen MR) is 96.6 cm³/mol. The lowest BCUT2D eigenvalue weighted by atomic mass is 10.1. The Morgan fingerprint density at radius 2 is 1.81 bits per heavy atom. The second-order valence-corrected chi connectivity index (χ2v) is 4.14. The van der Waals surface area contributed by atoms with Crippen molar-refractivity contribution in [2.45, 2.75) is 26.7 Å². The van der Waals surface area contributed by atoms with Crippen LogP contribution in [-0.2, 0) is 0 Å². The van der Waals surface area contributed by atoms with Gasteiger partial charge in [-0.2, -0.15) is 0 Å². The minimum Gasteiger partial charge on any atom is -0.297 e. The average molecular weight is 279 g/mol. The number of hydrogen-bond acceptors (Lipinski definition) is 1. The fourth-order valence-electron chi connectivity index (χ4n) is 1.48. The molecule has 0 fully saturated rings. The van der Waals surface area contributed by atoms with E-state index in [-0.39, 0.29) is 0 Å². The van der Waals surface area contributed by atoms with Crippen molar-refractivity contribution >= 4 is 6.21 Å². The molecule has 0 aromatic carbocycles. The summed E-state index contributed by atoms with van der Waals surface area (Å²) in [5.41, 5.74) is 2.14. The van der Waals surface area contributed by atoms with Gasteiger partial charge in [0.1, 0.15) is 0 Å². The highest BCUT2D eigenvalue weighted by atomic mass is 14.6.